The molecule has 1 aromatic carbocycles. The standard InChI is InChI=1S/C14H20BrNO2/c1-9(14(2,3)4)16-13(17)10-6-7-12(18-5)11(15)8-10/h6-9H,1-5H3,(H,16,17). The molecule has 0 aromatic heterocycles. The Morgan fingerprint density at radius 1 is 1.39 bits per heavy atom. The van der Waals surface area contributed by atoms with E-state index >= 15 is 0 Å². The van der Waals surface area contributed by atoms with Gasteiger partial charge in [-0.25, -0.2) is 0 Å². The Hall–Kier alpha value is -1.03. The van der Waals surface area contributed by atoms with Gasteiger partial charge in [0.05, 0.1) is 11.6 Å². The number of amides is 1. The number of benzene rings is 1. The number of nitrogens with one attached hydrogen (secondary N) is 1. The van der Waals surface area contributed by atoms with Crippen molar-refractivity contribution in [2.45, 2.75) is 33.7 Å². The molecule has 0 heterocycles. The number of carbonyl (C=O) groups excluding carboxylic acids is 1. The Labute approximate surface area is 117 Å². The molecule has 0 bridgehead atoms. The van der Waals surface area contributed by atoms with Crippen LogP contribution in [0.25, 0.3) is 0 Å². The van der Waals surface area contributed by atoms with E-state index in [9.17, 15) is 4.79 Å². The third-order valence-corrected chi connectivity index (χ3v) is 3.68. The number of hydrogen-bond donors (Lipinski definition) is 1. The molecular weight excluding hydrogens is 294 g/mol. The van der Waals surface area contributed by atoms with Gasteiger partial charge in [-0.05, 0) is 46.5 Å². The van der Waals surface area contributed by atoms with Crippen molar-refractivity contribution >= 4 is 21.8 Å². The van der Waals surface area contributed by atoms with Crippen LogP contribution in [0.15, 0.2) is 22.7 Å². The molecule has 3 nitrogen and oxygen atoms in total. The van der Waals surface area contributed by atoms with Crippen molar-refractivity contribution in [1.29, 1.82) is 0 Å². The molecule has 0 fully saturated rings. The summed E-state index contributed by atoms with van der Waals surface area (Å²) in [7, 11) is 1.60. The second-order valence-electron chi connectivity index (χ2n) is 5.41. The van der Waals surface area contributed by atoms with Crippen LogP contribution in [-0.2, 0) is 0 Å². The van der Waals surface area contributed by atoms with Gasteiger partial charge in [0.25, 0.3) is 5.91 Å². The van der Waals surface area contributed by atoms with Gasteiger partial charge in [-0.15, -0.1) is 0 Å². The molecule has 0 radical (unpaired) electrons. The van der Waals surface area contributed by atoms with Gasteiger partial charge in [-0.1, -0.05) is 20.8 Å². The second kappa shape index (κ2) is 5.74. The summed E-state index contributed by atoms with van der Waals surface area (Å²) in [5.41, 5.74) is 0.665. The predicted octanol–water partition coefficient (Wildman–Crippen LogP) is 3.62. The molecule has 0 saturated heterocycles. The maximum atomic E-state index is 12.1. The highest BCUT2D eigenvalue weighted by molar-refractivity contribution is 9.10. The van der Waals surface area contributed by atoms with Crippen molar-refractivity contribution in [3.05, 3.63) is 28.2 Å². The lowest BCUT2D eigenvalue weighted by molar-refractivity contribution is 0.0910. The number of hydrogen-bond acceptors (Lipinski definition) is 2. The number of methoxy groups -OCH3 is 1. The van der Waals surface area contributed by atoms with E-state index in [1.807, 2.05) is 6.92 Å². The fourth-order valence-electron chi connectivity index (χ4n) is 1.30. The van der Waals surface area contributed by atoms with Crippen molar-refractivity contribution in [3.63, 3.8) is 0 Å². The van der Waals surface area contributed by atoms with E-state index in [-0.39, 0.29) is 17.4 Å². The van der Waals surface area contributed by atoms with E-state index in [0.717, 1.165) is 10.2 Å². The van der Waals surface area contributed by atoms with Crippen molar-refractivity contribution in [3.8, 4) is 5.75 Å². The molecule has 0 saturated carbocycles. The van der Waals surface area contributed by atoms with E-state index in [1.165, 1.54) is 0 Å². The van der Waals surface area contributed by atoms with Gasteiger partial charge < -0.3 is 10.1 Å². The summed E-state index contributed by atoms with van der Waals surface area (Å²) in [6.45, 7) is 8.31. The van der Waals surface area contributed by atoms with Crippen LogP contribution in [0, 0.1) is 5.41 Å². The highest BCUT2D eigenvalue weighted by Gasteiger charge is 2.22. The Morgan fingerprint density at radius 2 is 2.00 bits per heavy atom. The molecule has 0 spiro atoms. The molecule has 4 heteroatoms. The maximum absolute atomic E-state index is 12.1. The van der Waals surface area contributed by atoms with Crippen LogP contribution in [0.3, 0.4) is 0 Å². The predicted molar refractivity (Wildman–Crippen MR) is 77.1 cm³/mol. The smallest absolute Gasteiger partial charge is 0.251 e. The van der Waals surface area contributed by atoms with Crippen LogP contribution >= 0.6 is 15.9 Å². The third kappa shape index (κ3) is 3.73. The SMILES string of the molecule is COc1ccc(C(=O)NC(C)C(C)(C)C)cc1Br. The highest BCUT2D eigenvalue weighted by atomic mass is 79.9. The molecule has 0 aliphatic rings. The average Bonchev–Trinajstić information content (AvgIpc) is 2.27. The third-order valence-electron chi connectivity index (χ3n) is 3.06. The van der Waals surface area contributed by atoms with Gasteiger partial charge >= 0.3 is 0 Å². The van der Waals surface area contributed by atoms with E-state index in [4.69, 9.17) is 4.74 Å². The Balaban J connectivity index is 2.82. The average molecular weight is 314 g/mol. The number of ether oxygens (including phenoxy) is 1. The number of carbonyl (C=O) groups is 1. The minimum Gasteiger partial charge on any atom is -0.496 e. The van der Waals surface area contributed by atoms with Gasteiger partial charge in [0.15, 0.2) is 0 Å². The van der Waals surface area contributed by atoms with Gasteiger partial charge in [-0.2, -0.15) is 0 Å². The monoisotopic (exact) mass is 313 g/mol. The molecule has 1 rings (SSSR count). The van der Waals surface area contributed by atoms with Crippen LogP contribution in [-0.4, -0.2) is 19.1 Å². The van der Waals surface area contributed by atoms with Gasteiger partial charge in [0.1, 0.15) is 5.75 Å². The fourth-order valence-corrected chi connectivity index (χ4v) is 1.84. The van der Waals surface area contributed by atoms with Crippen molar-refractivity contribution in [1.82, 2.24) is 5.32 Å². The first kappa shape index (κ1) is 15.0. The number of halogens is 1. The molecular formula is C14H20BrNO2. The zero-order chi connectivity index (χ0) is 13.9. The van der Waals surface area contributed by atoms with Crippen LogP contribution in [0.4, 0.5) is 0 Å². The van der Waals surface area contributed by atoms with Gasteiger partial charge in [-0.3, -0.25) is 4.79 Å². The zero-order valence-corrected chi connectivity index (χ0v) is 13.1. The largest absolute Gasteiger partial charge is 0.496 e. The van der Waals surface area contributed by atoms with E-state index in [2.05, 4.69) is 42.0 Å². The lowest BCUT2D eigenvalue weighted by atomic mass is 9.88. The van der Waals surface area contributed by atoms with E-state index < -0.39 is 0 Å². The summed E-state index contributed by atoms with van der Waals surface area (Å²) >= 11 is 3.38. The Kier molecular flexibility index (Phi) is 4.79. The highest BCUT2D eigenvalue weighted by Crippen LogP contribution is 2.26. The molecule has 0 aliphatic heterocycles. The molecule has 100 valence electrons. The fraction of sp³-hybridized carbons (Fsp3) is 0.500. The summed E-state index contributed by atoms with van der Waals surface area (Å²) in [6, 6.07) is 5.41. The van der Waals surface area contributed by atoms with Crippen LogP contribution < -0.4 is 10.1 Å². The Bertz CT molecular complexity index is 438. The van der Waals surface area contributed by atoms with Crippen molar-refractivity contribution in [2.24, 2.45) is 5.41 Å². The van der Waals surface area contributed by atoms with Crippen LogP contribution in [0.5, 0.6) is 5.75 Å². The quantitative estimate of drug-likeness (QED) is 0.925. The van der Waals surface area contributed by atoms with Gasteiger partial charge in [0.2, 0.25) is 0 Å². The van der Waals surface area contributed by atoms with Crippen LogP contribution in [0.2, 0.25) is 0 Å². The Morgan fingerprint density at radius 3 is 2.44 bits per heavy atom. The molecule has 1 amide bonds. The normalized spacial score (nSPS) is 13.0. The summed E-state index contributed by atoms with van der Waals surface area (Å²) in [4.78, 5) is 12.1. The lowest BCUT2D eigenvalue weighted by Gasteiger charge is -2.28. The van der Waals surface area contributed by atoms with E-state index in [1.54, 1.807) is 25.3 Å². The minimum atomic E-state index is -0.0687. The molecule has 0 aliphatic carbocycles. The van der Waals surface area contributed by atoms with E-state index in [0.29, 0.717) is 5.56 Å². The summed E-state index contributed by atoms with van der Waals surface area (Å²) in [5, 5.41) is 3.00. The lowest BCUT2D eigenvalue weighted by Crippen LogP contribution is -2.41. The second-order valence-corrected chi connectivity index (χ2v) is 6.26. The summed E-state index contributed by atoms with van der Waals surface area (Å²) in [6.07, 6.45) is 0. The van der Waals surface area contributed by atoms with Crippen molar-refractivity contribution in [2.75, 3.05) is 7.11 Å². The molecule has 1 unspecified atom stereocenters. The van der Waals surface area contributed by atoms with Gasteiger partial charge in [0, 0.05) is 11.6 Å². The molecule has 1 N–H and O–H groups in total. The number of rotatable bonds is 3. The first-order chi connectivity index (χ1) is 8.25. The topological polar surface area (TPSA) is 38.3 Å². The molecule has 1 atom stereocenters. The first-order valence-electron chi connectivity index (χ1n) is 5.90. The van der Waals surface area contributed by atoms with Crippen LogP contribution in [0.1, 0.15) is 38.1 Å². The maximum Gasteiger partial charge on any atom is 0.251 e. The zero-order valence-electron chi connectivity index (χ0n) is 11.5. The summed E-state index contributed by atoms with van der Waals surface area (Å²) in [5.74, 6) is 0.649. The summed E-state index contributed by atoms with van der Waals surface area (Å²) < 4.78 is 5.92. The minimum absolute atomic E-state index is 0.0410. The molecule has 1 aromatic rings. The molecule has 18 heavy (non-hydrogen) atoms. The first-order valence-corrected chi connectivity index (χ1v) is 6.69. The van der Waals surface area contributed by atoms with Crippen molar-refractivity contribution < 1.29 is 9.53 Å².